The number of hydrogen-bond acceptors (Lipinski definition) is 3. The maximum atomic E-state index is 12.3. The van der Waals surface area contributed by atoms with Crippen molar-refractivity contribution in [1.82, 2.24) is 10.2 Å². The van der Waals surface area contributed by atoms with Gasteiger partial charge in [0.2, 0.25) is 11.8 Å². The van der Waals surface area contributed by atoms with Gasteiger partial charge in [-0.25, -0.2) is 0 Å². The number of hydrogen-bond donors (Lipinski definition) is 2. The summed E-state index contributed by atoms with van der Waals surface area (Å²) in [5.74, 6) is -1.48. The third kappa shape index (κ3) is 2.39. The molecule has 2 N–H and O–H groups in total. The van der Waals surface area contributed by atoms with Gasteiger partial charge in [-0.3, -0.25) is 14.4 Å². The maximum absolute atomic E-state index is 12.3. The van der Waals surface area contributed by atoms with Crippen molar-refractivity contribution in [3.63, 3.8) is 0 Å². The summed E-state index contributed by atoms with van der Waals surface area (Å²) >= 11 is 0. The number of rotatable bonds is 5. The molecule has 2 saturated carbocycles. The molecular weight excluding hydrogens is 260 g/mol. The topological polar surface area (TPSA) is 86.7 Å². The number of nitrogens with one attached hydrogen (secondary N) is 1. The largest absolute Gasteiger partial charge is 0.480 e. The van der Waals surface area contributed by atoms with Crippen molar-refractivity contribution in [3.8, 4) is 0 Å². The van der Waals surface area contributed by atoms with Crippen molar-refractivity contribution >= 4 is 17.8 Å². The minimum Gasteiger partial charge on any atom is -0.480 e. The molecule has 0 aromatic carbocycles. The Labute approximate surface area is 118 Å². The molecule has 0 aliphatic heterocycles. The zero-order valence-electron chi connectivity index (χ0n) is 12.1. The van der Waals surface area contributed by atoms with Crippen LogP contribution in [0.4, 0.5) is 0 Å². The fraction of sp³-hybridized carbons (Fsp3) is 0.786. The highest BCUT2D eigenvalue weighted by Gasteiger charge is 2.57. The lowest BCUT2D eigenvalue weighted by Crippen LogP contribution is -2.48. The van der Waals surface area contributed by atoms with Gasteiger partial charge in [-0.1, -0.05) is 12.8 Å². The molecule has 0 atom stereocenters. The third-order valence-corrected chi connectivity index (χ3v) is 4.60. The fourth-order valence-electron chi connectivity index (χ4n) is 3.07. The number of aliphatic carboxylic acids is 1. The molecule has 0 aromatic heterocycles. The van der Waals surface area contributed by atoms with Crippen molar-refractivity contribution in [2.45, 2.75) is 38.5 Å². The molecule has 2 rings (SSSR count). The van der Waals surface area contributed by atoms with Crippen LogP contribution in [0, 0.1) is 10.8 Å². The van der Waals surface area contributed by atoms with E-state index in [9.17, 15) is 14.4 Å². The summed E-state index contributed by atoms with van der Waals surface area (Å²) in [5, 5.41) is 11.8. The number of nitrogens with zero attached hydrogens (tertiary/aromatic N) is 1. The second-order valence-corrected chi connectivity index (χ2v) is 6.26. The van der Waals surface area contributed by atoms with E-state index in [0.717, 1.165) is 25.7 Å². The predicted octanol–water partition coefficient (Wildman–Crippen LogP) is 0.616. The maximum Gasteiger partial charge on any atom is 0.319 e. The summed E-state index contributed by atoms with van der Waals surface area (Å²) in [4.78, 5) is 37.0. The van der Waals surface area contributed by atoms with Crippen LogP contribution in [0.2, 0.25) is 0 Å². The standard InChI is InChI=1S/C14H22N2O4/c1-16(2)11(18)13(5-3-4-6-13)9-15-10(17)14(7-8-14)12(19)20/h3-9H2,1-2H3,(H,15,17)(H,19,20). The fourth-order valence-corrected chi connectivity index (χ4v) is 3.07. The molecule has 0 unspecified atom stereocenters. The van der Waals surface area contributed by atoms with Crippen LogP contribution >= 0.6 is 0 Å². The summed E-state index contributed by atoms with van der Waals surface area (Å²) in [6, 6.07) is 0. The van der Waals surface area contributed by atoms with Gasteiger partial charge in [-0.15, -0.1) is 0 Å². The Morgan fingerprint density at radius 2 is 1.65 bits per heavy atom. The lowest BCUT2D eigenvalue weighted by Gasteiger charge is -2.31. The molecule has 0 aromatic rings. The molecule has 0 heterocycles. The summed E-state index contributed by atoms with van der Waals surface area (Å²) in [6.45, 7) is 0.248. The molecule has 20 heavy (non-hydrogen) atoms. The van der Waals surface area contributed by atoms with Crippen molar-refractivity contribution < 1.29 is 19.5 Å². The lowest BCUT2D eigenvalue weighted by molar-refractivity contribution is -0.149. The SMILES string of the molecule is CN(C)C(=O)C1(CNC(=O)C2(C(=O)O)CC2)CCCC1. The van der Waals surface area contributed by atoms with Gasteiger partial charge in [-0.2, -0.15) is 0 Å². The Morgan fingerprint density at radius 1 is 1.10 bits per heavy atom. The van der Waals surface area contributed by atoms with Crippen molar-refractivity contribution in [2.75, 3.05) is 20.6 Å². The molecule has 2 amide bonds. The minimum atomic E-state index is -1.24. The molecule has 6 nitrogen and oxygen atoms in total. The first-order valence-corrected chi connectivity index (χ1v) is 7.08. The van der Waals surface area contributed by atoms with E-state index in [1.165, 1.54) is 0 Å². The molecule has 0 spiro atoms. The molecule has 2 aliphatic carbocycles. The van der Waals surface area contributed by atoms with Crippen molar-refractivity contribution in [2.24, 2.45) is 10.8 Å². The smallest absolute Gasteiger partial charge is 0.319 e. The van der Waals surface area contributed by atoms with E-state index < -0.39 is 22.7 Å². The Morgan fingerprint density at radius 3 is 2.05 bits per heavy atom. The van der Waals surface area contributed by atoms with Crippen LogP contribution in [0.5, 0.6) is 0 Å². The Kier molecular flexibility index (Phi) is 3.75. The highest BCUT2D eigenvalue weighted by molar-refractivity contribution is 6.05. The summed E-state index contributed by atoms with van der Waals surface area (Å²) < 4.78 is 0. The quantitative estimate of drug-likeness (QED) is 0.724. The summed E-state index contributed by atoms with van der Waals surface area (Å²) in [5.41, 5.74) is -1.78. The van der Waals surface area contributed by atoms with E-state index in [-0.39, 0.29) is 12.5 Å². The molecule has 6 heteroatoms. The van der Waals surface area contributed by atoms with Crippen molar-refractivity contribution in [1.29, 1.82) is 0 Å². The van der Waals surface area contributed by atoms with Crippen LogP contribution in [-0.4, -0.2) is 48.4 Å². The third-order valence-electron chi connectivity index (χ3n) is 4.60. The zero-order chi connectivity index (χ0) is 15.0. The van der Waals surface area contributed by atoms with Gasteiger partial charge in [0.25, 0.3) is 0 Å². The first kappa shape index (κ1) is 14.8. The summed E-state index contributed by atoms with van der Waals surface area (Å²) in [6.07, 6.45) is 4.24. The van der Waals surface area contributed by atoms with E-state index in [2.05, 4.69) is 5.32 Å². The van der Waals surface area contributed by atoms with E-state index in [0.29, 0.717) is 12.8 Å². The minimum absolute atomic E-state index is 0.0236. The summed E-state index contributed by atoms with van der Waals surface area (Å²) in [7, 11) is 3.42. The van der Waals surface area contributed by atoms with E-state index in [4.69, 9.17) is 5.11 Å². The second kappa shape index (κ2) is 5.07. The van der Waals surface area contributed by atoms with Gasteiger partial charge < -0.3 is 15.3 Å². The predicted molar refractivity (Wildman–Crippen MR) is 71.9 cm³/mol. The number of amides is 2. The Hall–Kier alpha value is -1.59. The number of carbonyl (C=O) groups excluding carboxylic acids is 2. The molecule has 0 bridgehead atoms. The number of carboxylic acids is 1. The molecular formula is C14H22N2O4. The van der Waals surface area contributed by atoms with Gasteiger partial charge in [0.1, 0.15) is 5.41 Å². The average Bonchev–Trinajstić information content (AvgIpc) is 3.09. The van der Waals surface area contributed by atoms with E-state index in [1.807, 2.05) is 0 Å². The van der Waals surface area contributed by atoms with Crippen LogP contribution in [-0.2, 0) is 14.4 Å². The van der Waals surface area contributed by atoms with Crippen molar-refractivity contribution in [3.05, 3.63) is 0 Å². The molecule has 0 saturated heterocycles. The van der Waals surface area contributed by atoms with Crippen LogP contribution in [0.15, 0.2) is 0 Å². The van der Waals surface area contributed by atoms with Gasteiger partial charge in [0.05, 0.1) is 5.41 Å². The molecule has 112 valence electrons. The zero-order valence-corrected chi connectivity index (χ0v) is 12.1. The first-order valence-electron chi connectivity index (χ1n) is 7.08. The Bertz CT molecular complexity index is 434. The normalized spacial score (nSPS) is 22.1. The molecule has 2 aliphatic rings. The first-order chi connectivity index (χ1) is 9.34. The van der Waals surface area contributed by atoms with Crippen LogP contribution in [0.1, 0.15) is 38.5 Å². The monoisotopic (exact) mass is 282 g/mol. The van der Waals surface area contributed by atoms with Crippen LogP contribution < -0.4 is 5.32 Å². The van der Waals surface area contributed by atoms with E-state index >= 15 is 0 Å². The average molecular weight is 282 g/mol. The van der Waals surface area contributed by atoms with Crippen LogP contribution in [0.3, 0.4) is 0 Å². The lowest BCUT2D eigenvalue weighted by atomic mass is 9.84. The highest BCUT2D eigenvalue weighted by atomic mass is 16.4. The number of carbonyl (C=O) groups is 3. The van der Waals surface area contributed by atoms with Gasteiger partial charge in [0, 0.05) is 20.6 Å². The van der Waals surface area contributed by atoms with Crippen LogP contribution in [0.25, 0.3) is 0 Å². The van der Waals surface area contributed by atoms with Gasteiger partial charge >= 0.3 is 5.97 Å². The van der Waals surface area contributed by atoms with Gasteiger partial charge in [-0.05, 0) is 25.7 Å². The number of carboxylic acid groups (broad SMARTS) is 1. The second-order valence-electron chi connectivity index (χ2n) is 6.26. The Balaban J connectivity index is 2.02. The van der Waals surface area contributed by atoms with E-state index in [1.54, 1.807) is 19.0 Å². The molecule has 0 radical (unpaired) electrons. The van der Waals surface area contributed by atoms with Gasteiger partial charge in [0.15, 0.2) is 0 Å². The highest BCUT2D eigenvalue weighted by Crippen LogP contribution is 2.46. The molecule has 2 fully saturated rings.